The smallest absolute Gasteiger partial charge is 0.153 e. The average Bonchev–Trinajstić information content (AvgIpc) is 3.39. The number of rotatable bonds is 4. The van der Waals surface area contributed by atoms with E-state index in [1.54, 1.807) is 10.7 Å². The van der Waals surface area contributed by atoms with E-state index in [9.17, 15) is 8.42 Å². The van der Waals surface area contributed by atoms with Crippen molar-refractivity contribution in [3.63, 3.8) is 0 Å². The monoisotopic (exact) mass is 452 g/mol. The Hall–Kier alpha value is -3.47. The fourth-order valence-corrected chi connectivity index (χ4v) is 5.32. The van der Waals surface area contributed by atoms with Crippen LogP contribution in [-0.4, -0.2) is 62.6 Å². The minimum atomic E-state index is -2.94. The van der Waals surface area contributed by atoms with E-state index >= 15 is 0 Å². The van der Waals surface area contributed by atoms with Gasteiger partial charge in [-0.05, 0) is 32.0 Å². The number of benzene rings is 1. The Balaban J connectivity index is 1.63. The van der Waals surface area contributed by atoms with E-state index in [2.05, 4.69) is 31.4 Å². The molecule has 0 amide bonds. The third kappa shape index (κ3) is 3.48. The van der Waals surface area contributed by atoms with Crippen molar-refractivity contribution in [3.8, 4) is 22.5 Å². The molecule has 1 saturated heterocycles. The van der Waals surface area contributed by atoms with Crippen LogP contribution in [0.3, 0.4) is 0 Å². The van der Waals surface area contributed by atoms with Gasteiger partial charge in [0.1, 0.15) is 11.8 Å². The Morgan fingerprint density at radius 2 is 1.88 bits per heavy atom. The quantitative estimate of drug-likeness (QED) is 0.499. The van der Waals surface area contributed by atoms with Gasteiger partial charge in [0.2, 0.25) is 0 Å². The first kappa shape index (κ1) is 20.4. The molecule has 0 unspecified atom stereocenters. The molecule has 4 aromatic rings. The van der Waals surface area contributed by atoms with E-state index in [1.165, 1.54) is 6.33 Å². The molecule has 2 N–H and O–H groups in total. The fourth-order valence-electron chi connectivity index (χ4n) is 4.12. The second-order valence-corrected chi connectivity index (χ2v) is 10.5. The molecule has 10 nitrogen and oxygen atoms in total. The lowest BCUT2D eigenvalue weighted by molar-refractivity contribution is 0.519. The zero-order valence-corrected chi connectivity index (χ0v) is 18.7. The number of nitrogen functional groups attached to an aromatic ring is 1. The summed E-state index contributed by atoms with van der Waals surface area (Å²) in [6, 6.07) is 10.2. The van der Waals surface area contributed by atoms with Gasteiger partial charge in [-0.3, -0.25) is 0 Å². The number of anilines is 2. The lowest BCUT2D eigenvalue weighted by Gasteiger charge is -2.29. The van der Waals surface area contributed by atoms with Gasteiger partial charge in [-0.15, -0.1) is 5.10 Å². The highest BCUT2D eigenvalue weighted by Gasteiger charge is 2.23. The van der Waals surface area contributed by atoms with Gasteiger partial charge in [0.15, 0.2) is 15.7 Å². The number of nitrogens with two attached hydrogens (primary N) is 1. The number of fused-ring (bicyclic) bond motifs is 1. The van der Waals surface area contributed by atoms with Gasteiger partial charge < -0.3 is 10.6 Å². The third-order valence-corrected chi connectivity index (χ3v) is 7.38. The van der Waals surface area contributed by atoms with Crippen LogP contribution in [0.25, 0.3) is 28.0 Å². The Bertz CT molecular complexity index is 1390. The highest BCUT2D eigenvalue weighted by atomic mass is 32.2. The second-order valence-electron chi connectivity index (χ2n) is 8.20. The molecule has 1 aromatic carbocycles. The minimum Gasteiger partial charge on any atom is -0.382 e. The van der Waals surface area contributed by atoms with Crippen LogP contribution in [0.1, 0.15) is 19.9 Å². The predicted molar refractivity (Wildman–Crippen MR) is 123 cm³/mol. The predicted octanol–water partition coefficient (Wildman–Crippen LogP) is 2.05. The van der Waals surface area contributed by atoms with Crippen LogP contribution in [0.4, 0.5) is 11.5 Å². The third-order valence-electron chi connectivity index (χ3n) is 5.77. The van der Waals surface area contributed by atoms with Gasteiger partial charge in [0.25, 0.3) is 0 Å². The van der Waals surface area contributed by atoms with Crippen molar-refractivity contribution < 1.29 is 8.42 Å². The first-order chi connectivity index (χ1) is 15.3. The molecule has 5 rings (SSSR count). The SMILES string of the molecule is CC(C)n1nncc1-c1cc(-c2cccc(N3CCS(=O)(=O)CC3)c2)n2ncnc(N)c12. The van der Waals surface area contributed by atoms with Crippen LogP contribution in [0.5, 0.6) is 0 Å². The van der Waals surface area contributed by atoms with Gasteiger partial charge >= 0.3 is 0 Å². The van der Waals surface area contributed by atoms with Crippen LogP contribution >= 0.6 is 0 Å². The summed E-state index contributed by atoms with van der Waals surface area (Å²) in [7, 11) is -2.94. The molecule has 166 valence electrons. The summed E-state index contributed by atoms with van der Waals surface area (Å²) in [6.07, 6.45) is 3.16. The maximum absolute atomic E-state index is 11.8. The van der Waals surface area contributed by atoms with Crippen LogP contribution in [0, 0.1) is 0 Å². The number of sulfone groups is 1. The molecule has 3 aromatic heterocycles. The summed E-state index contributed by atoms with van der Waals surface area (Å²) in [6.45, 7) is 5.06. The van der Waals surface area contributed by atoms with E-state index in [0.717, 1.165) is 28.2 Å². The highest BCUT2D eigenvalue weighted by molar-refractivity contribution is 7.91. The maximum atomic E-state index is 11.8. The van der Waals surface area contributed by atoms with E-state index in [1.807, 2.05) is 42.8 Å². The summed E-state index contributed by atoms with van der Waals surface area (Å²) < 4.78 is 27.3. The van der Waals surface area contributed by atoms with E-state index in [0.29, 0.717) is 24.4 Å². The Morgan fingerprint density at radius 3 is 2.62 bits per heavy atom. The first-order valence-electron chi connectivity index (χ1n) is 10.4. The summed E-state index contributed by atoms with van der Waals surface area (Å²) in [5.74, 6) is 0.715. The van der Waals surface area contributed by atoms with Crippen molar-refractivity contribution in [2.45, 2.75) is 19.9 Å². The van der Waals surface area contributed by atoms with Crippen LogP contribution in [0.2, 0.25) is 0 Å². The van der Waals surface area contributed by atoms with Crippen LogP contribution in [-0.2, 0) is 9.84 Å². The number of hydrogen-bond acceptors (Lipinski definition) is 8. The molecular weight excluding hydrogens is 428 g/mol. The zero-order valence-electron chi connectivity index (χ0n) is 17.9. The van der Waals surface area contributed by atoms with Crippen molar-refractivity contribution in [1.29, 1.82) is 0 Å². The molecule has 0 spiro atoms. The molecule has 1 aliphatic heterocycles. The van der Waals surface area contributed by atoms with Gasteiger partial charge in [-0.1, -0.05) is 17.3 Å². The topological polar surface area (TPSA) is 124 Å². The molecule has 0 radical (unpaired) electrons. The largest absolute Gasteiger partial charge is 0.382 e. The number of hydrogen-bond donors (Lipinski definition) is 1. The second kappa shape index (κ2) is 7.59. The van der Waals surface area contributed by atoms with Crippen molar-refractivity contribution in [2.24, 2.45) is 0 Å². The molecule has 0 atom stereocenters. The summed E-state index contributed by atoms with van der Waals surface area (Å²) >= 11 is 0. The standard InChI is InChI=1S/C21H24N8O2S/c1-14(2)28-19(12-24-26-28)17-11-18(29-20(17)21(22)23-13-25-29)15-4-3-5-16(10-15)27-6-8-32(30,31)9-7-27/h3-5,10-14H,6-9H2,1-2H3,(H2,22,23,25). The fraction of sp³-hybridized carbons (Fsp3) is 0.333. The average molecular weight is 453 g/mol. The highest BCUT2D eigenvalue weighted by Crippen LogP contribution is 2.36. The molecule has 4 heterocycles. The molecule has 0 bridgehead atoms. The van der Waals surface area contributed by atoms with Crippen molar-refractivity contribution >= 4 is 26.9 Å². The molecule has 32 heavy (non-hydrogen) atoms. The van der Waals surface area contributed by atoms with Gasteiger partial charge in [0, 0.05) is 35.9 Å². The van der Waals surface area contributed by atoms with E-state index in [4.69, 9.17) is 5.73 Å². The molecule has 1 fully saturated rings. The Labute approximate surface area is 185 Å². The Kier molecular flexibility index (Phi) is 4.85. The lowest BCUT2D eigenvalue weighted by atomic mass is 10.1. The molecule has 11 heteroatoms. The number of nitrogens with zero attached hydrogens (tertiary/aromatic N) is 7. The molecule has 0 aliphatic carbocycles. The van der Waals surface area contributed by atoms with E-state index in [-0.39, 0.29) is 17.5 Å². The number of aromatic nitrogens is 6. The summed E-state index contributed by atoms with van der Waals surface area (Å²) in [4.78, 5) is 6.29. The van der Waals surface area contributed by atoms with Crippen molar-refractivity contribution in [1.82, 2.24) is 29.6 Å². The summed E-state index contributed by atoms with van der Waals surface area (Å²) in [5, 5.41) is 12.8. The van der Waals surface area contributed by atoms with Gasteiger partial charge in [0.05, 0.1) is 29.1 Å². The van der Waals surface area contributed by atoms with Crippen molar-refractivity contribution in [2.75, 3.05) is 35.2 Å². The van der Waals surface area contributed by atoms with Gasteiger partial charge in [-0.25, -0.2) is 22.6 Å². The molecular formula is C21H24N8O2S. The van der Waals surface area contributed by atoms with Crippen molar-refractivity contribution in [3.05, 3.63) is 42.9 Å². The minimum absolute atomic E-state index is 0.121. The maximum Gasteiger partial charge on any atom is 0.153 e. The Morgan fingerprint density at radius 1 is 1.09 bits per heavy atom. The zero-order chi connectivity index (χ0) is 22.5. The van der Waals surface area contributed by atoms with E-state index < -0.39 is 9.84 Å². The van der Waals surface area contributed by atoms with Gasteiger partial charge in [-0.2, -0.15) is 5.10 Å². The molecule has 1 aliphatic rings. The first-order valence-corrected chi connectivity index (χ1v) is 12.2. The van der Waals surface area contributed by atoms with Crippen LogP contribution < -0.4 is 10.6 Å². The summed E-state index contributed by atoms with van der Waals surface area (Å²) in [5.41, 5.74) is 11.4. The normalized spacial score (nSPS) is 16.2. The molecule has 0 saturated carbocycles. The lowest BCUT2D eigenvalue weighted by Crippen LogP contribution is -2.40. The van der Waals surface area contributed by atoms with Crippen LogP contribution in [0.15, 0.2) is 42.9 Å².